The maximum Gasteiger partial charge on any atom is 0.251 e. The lowest BCUT2D eigenvalue weighted by Crippen LogP contribution is -2.25. The number of nitrogens with zero attached hydrogens (tertiary/aromatic N) is 3. The van der Waals surface area contributed by atoms with E-state index in [2.05, 4.69) is 10.4 Å². The zero-order valence-corrected chi connectivity index (χ0v) is 11.6. The molecule has 0 fully saturated rings. The van der Waals surface area contributed by atoms with Crippen LogP contribution in [-0.2, 0) is 13.5 Å². The number of hydrogen-bond acceptors (Lipinski definition) is 3. The van der Waals surface area contributed by atoms with Crippen LogP contribution >= 0.6 is 0 Å². The summed E-state index contributed by atoms with van der Waals surface area (Å²) < 4.78 is 1.77. The summed E-state index contributed by atoms with van der Waals surface area (Å²) in [5, 5.41) is 15.9. The van der Waals surface area contributed by atoms with Crippen LogP contribution in [-0.4, -0.2) is 22.2 Å². The van der Waals surface area contributed by atoms with E-state index in [0.29, 0.717) is 24.1 Å². The molecule has 0 bridgehead atoms. The maximum atomic E-state index is 11.9. The number of carbonyl (C=O) groups is 1. The summed E-state index contributed by atoms with van der Waals surface area (Å²) in [5.74, 6) is -0.136. The molecule has 0 atom stereocenters. The zero-order chi connectivity index (χ0) is 14.5. The van der Waals surface area contributed by atoms with Crippen LogP contribution in [0.5, 0.6) is 0 Å². The smallest absolute Gasteiger partial charge is 0.251 e. The second-order valence-corrected chi connectivity index (χ2v) is 4.63. The van der Waals surface area contributed by atoms with Crippen LogP contribution in [0.4, 0.5) is 0 Å². The Balaban J connectivity index is 1.89. The van der Waals surface area contributed by atoms with Gasteiger partial charge in [-0.05, 0) is 36.8 Å². The second-order valence-electron chi connectivity index (χ2n) is 4.63. The average Bonchev–Trinajstić information content (AvgIpc) is 2.77. The molecule has 0 unspecified atom stereocenters. The summed E-state index contributed by atoms with van der Waals surface area (Å²) >= 11 is 0. The number of carbonyl (C=O) groups excluding carboxylic acids is 1. The van der Waals surface area contributed by atoms with Crippen LogP contribution in [0.1, 0.15) is 27.2 Å². The van der Waals surface area contributed by atoms with Gasteiger partial charge in [-0.15, -0.1) is 0 Å². The van der Waals surface area contributed by atoms with Crippen molar-refractivity contribution in [1.29, 1.82) is 5.26 Å². The lowest BCUT2D eigenvalue weighted by atomic mass is 10.1. The third-order valence-electron chi connectivity index (χ3n) is 3.04. The first-order valence-corrected chi connectivity index (χ1v) is 6.37. The number of aryl methyl sites for hydroxylation is 2. The second kappa shape index (κ2) is 6.02. The molecule has 5 heteroatoms. The fourth-order valence-electron chi connectivity index (χ4n) is 1.99. The number of benzene rings is 1. The minimum absolute atomic E-state index is 0.136. The van der Waals surface area contributed by atoms with Crippen molar-refractivity contribution < 1.29 is 4.79 Å². The van der Waals surface area contributed by atoms with Gasteiger partial charge in [-0.1, -0.05) is 0 Å². The van der Waals surface area contributed by atoms with E-state index in [9.17, 15) is 4.79 Å². The first-order chi connectivity index (χ1) is 9.60. The molecule has 2 aromatic rings. The molecule has 0 aliphatic carbocycles. The highest BCUT2D eigenvalue weighted by Gasteiger charge is 2.07. The van der Waals surface area contributed by atoms with E-state index in [1.165, 1.54) is 0 Å². The molecule has 0 aliphatic heterocycles. The van der Waals surface area contributed by atoms with Gasteiger partial charge in [0.2, 0.25) is 0 Å². The van der Waals surface area contributed by atoms with Crippen LogP contribution < -0.4 is 5.32 Å². The fraction of sp³-hybridized carbons (Fsp3) is 0.267. The number of rotatable bonds is 4. The van der Waals surface area contributed by atoms with Crippen LogP contribution in [0.25, 0.3) is 0 Å². The molecule has 0 saturated carbocycles. The molecule has 2 rings (SSSR count). The predicted molar refractivity (Wildman–Crippen MR) is 75.1 cm³/mol. The summed E-state index contributed by atoms with van der Waals surface area (Å²) in [7, 11) is 1.88. The molecule has 0 saturated heterocycles. The third kappa shape index (κ3) is 3.23. The summed E-state index contributed by atoms with van der Waals surface area (Å²) in [4.78, 5) is 11.9. The number of hydrogen-bond donors (Lipinski definition) is 1. The molecule has 0 aliphatic rings. The van der Waals surface area contributed by atoms with E-state index in [4.69, 9.17) is 5.26 Å². The summed E-state index contributed by atoms with van der Waals surface area (Å²) in [6, 6.07) is 8.60. The molecular weight excluding hydrogens is 252 g/mol. The van der Waals surface area contributed by atoms with Gasteiger partial charge < -0.3 is 5.32 Å². The summed E-state index contributed by atoms with van der Waals surface area (Å²) in [6.45, 7) is 2.54. The minimum atomic E-state index is -0.136. The Bertz CT molecular complexity index is 650. The zero-order valence-electron chi connectivity index (χ0n) is 11.6. The van der Waals surface area contributed by atoms with Crippen molar-refractivity contribution in [3.63, 3.8) is 0 Å². The Morgan fingerprint density at radius 2 is 2.10 bits per heavy atom. The molecule has 1 aromatic heterocycles. The molecular formula is C15H16N4O. The van der Waals surface area contributed by atoms with E-state index in [1.807, 2.05) is 26.2 Å². The van der Waals surface area contributed by atoms with Crippen molar-refractivity contribution in [3.05, 3.63) is 52.8 Å². The van der Waals surface area contributed by atoms with Gasteiger partial charge in [0.25, 0.3) is 5.91 Å². The first kappa shape index (κ1) is 13.8. The van der Waals surface area contributed by atoms with Crippen molar-refractivity contribution in [2.24, 2.45) is 7.05 Å². The topological polar surface area (TPSA) is 70.7 Å². The quantitative estimate of drug-likeness (QED) is 0.915. The van der Waals surface area contributed by atoms with Gasteiger partial charge in [0.15, 0.2) is 0 Å². The number of nitriles is 1. The van der Waals surface area contributed by atoms with Gasteiger partial charge in [0.1, 0.15) is 0 Å². The molecule has 0 radical (unpaired) electrons. The normalized spacial score (nSPS) is 10.1. The Kier molecular flexibility index (Phi) is 4.16. The predicted octanol–water partition coefficient (Wildman–Crippen LogP) is 1.57. The lowest BCUT2D eigenvalue weighted by Gasteiger charge is -2.04. The number of amides is 1. The number of nitrogens with one attached hydrogen (secondary N) is 1. The van der Waals surface area contributed by atoms with Crippen LogP contribution in [0.3, 0.4) is 0 Å². The van der Waals surface area contributed by atoms with Gasteiger partial charge in [-0.3, -0.25) is 9.48 Å². The van der Waals surface area contributed by atoms with Crippen LogP contribution in [0, 0.1) is 18.3 Å². The molecule has 1 aromatic carbocycles. The van der Waals surface area contributed by atoms with E-state index < -0.39 is 0 Å². The Hall–Kier alpha value is -2.61. The van der Waals surface area contributed by atoms with Gasteiger partial charge >= 0.3 is 0 Å². The van der Waals surface area contributed by atoms with Crippen molar-refractivity contribution in [2.45, 2.75) is 13.3 Å². The average molecular weight is 268 g/mol. The Labute approximate surface area is 117 Å². The van der Waals surface area contributed by atoms with E-state index in [-0.39, 0.29) is 5.91 Å². The van der Waals surface area contributed by atoms with Crippen molar-refractivity contribution in [1.82, 2.24) is 15.1 Å². The van der Waals surface area contributed by atoms with Crippen molar-refractivity contribution >= 4 is 5.91 Å². The van der Waals surface area contributed by atoms with Crippen molar-refractivity contribution in [3.8, 4) is 6.07 Å². The molecule has 0 spiro atoms. The van der Waals surface area contributed by atoms with Gasteiger partial charge in [0.05, 0.1) is 17.3 Å². The monoisotopic (exact) mass is 268 g/mol. The molecule has 102 valence electrons. The van der Waals surface area contributed by atoms with Crippen LogP contribution in [0.15, 0.2) is 30.5 Å². The number of aromatic nitrogens is 2. The largest absolute Gasteiger partial charge is 0.352 e. The van der Waals surface area contributed by atoms with E-state index >= 15 is 0 Å². The highest BCUT2D eigenvalue weighted by molar-refractivity contribution is 5.94. The molecule has 20 heavy (non-hydrogen) atoms. The third-order valence-corrected chi connectivity index (χ3v) is 3.04. The maximum absolute atomic E-state index is 11.9. The highest BCUT2D eigenvalue weighted by Crippen LogP contribution is 2.05. The minimum Gasteiger partial charge on any atom is -0.352 e. The molecule has 1 amide bonds. The Morgan fingerprint density at radius 3 is 2.65 bits per heavy atom. The molecule has 1 N–H and O–H groups in total. The highest BCUT2D eigenvalue weighted by atomic mass is 16.1. The van der Waals surface area contributed by atoms with Gasteiger partial charge in [-0.2, -0.15) is 10.4 Å². The molecule has 1 heterocycles. The summed E-state index contributed by atoms with van der Waals surface area (Å²) in [5.41, 5.74) is 3.22. The first-order valence-electron chi connectivity index (χ1n) is 6.37. The standard InChI is InChI=1S/C15H16N4O/c1-11-10-19(2)18-14(11)7-8-17-15(20)13-5-3-12(9-16)4-6-13/h3-6,10H,7-8H2,1-2H3,(H,17,20). The van der Waals surface area contributed by atoms with Gasteiger partial charge in [-0.25, -0.2) is 0 Å². The van der Waals surface area contributed by atoms with E-state index in [1.54, 1.807) is 28.9 Å². The van der Waals surface area contributed by atoms with Gasteiger partial charge in [0, 0.05) is 31.8 Å². The fourth-order valence-corrected chi connectivity index (χ4v) is 1.99. The molecule has 5 nitrogen and oxygen atoms in total. The lowest BCUT2D eigenvalue weighted by molar-refractivity contribution is 0.0954. The van der Waals surface area contributed by atoms with Crippen molar-refractivity contribution in [2.75, 3.05) is 6.54 Å². The SMILES string of the molecule is Cc1cn(C)nc1CCNC(=O)c1ccc(C#N)cc1. The van der Waals surface area contributed by atoms with E-state index in [0.717, 1.165) is 11.3 Å². The van der Waals surface area contributed by atoms with Crippen LogP contribution in [0.2, 0.25) is 0 Å². The Morgan fingerprint density at radius 1 is 1.40 bits per heavy atom. The summed E-state index contributed by atoms with van der Waals surface area (Å²) in [6.07, 6.45) is 2.66.